The molecule has 3 heteroatoms. The van der Waals surface area contributed by atoms with Crippen molar-refractivity contribution in [1.29, 1.82) is 0 Å². The smallest absolute Gasteiger partial charge is 0.188 e. The Hall–Kier alpha value is -2.23. The highest BCUT2D eigenvalue weighted by molar-refractivity contribution is 5.97. The summed E-state index contributed by atoms with van der Waals surface area (Å²) in [4.78, 5) is 12.0. The lowest BCUT2D eigenvalue weighted by molar-refractivity contribution is 0.00597. The number of Topliss-reactive ketones (excluding diaryl/α,β-unsaturated/α-hetero) is 1. The molecule has 0 fully saturated rings. The summed E-state index contributed by atoms with van der Waals surface area (Å²) < 4.78 is 11.2. The van der Waals surface area contributed by atoms with Crippen molar-refractivity contribution in [2.45, 2.75) is 12.7 Å². The molecule has 0 saturated heterocycles. The van der Waals surface area contributed by atoms with Crippen molar-refractivity contribution >= 4 is 5.78 Å². The Bertz CT molecular complexity index is 578. The largest absolute Gasteiger partial charge is 0.374 e. The van der Waals surface area contributed by atoms with E-state index in [0.717, 1.165) is 5.56 Å². The van der Waals surface area contributed by atoms with Gasteiger partial charge in [0.15, 0.2) is 5.78 Å². The van der Waals surface area contributed by atoms with Crippen molar-refractivity contribution < 1.29 is 14.3 Å². The topological polar surface area (TPSA) is 35.5 Å². The minimum absolute atomic E-state index is 0.0232. The molecule has 22 heavy (non-hydrogen) atoms. The standard InChI is InChI=1S/C19H20O3/c1-2-18(14-21-13-16-9-5-3-6-10-16)22-15-19(20)17-11-7-4-8-12-17/h2-12,18H,1,13-15H2/t18-/m1/s1. The van der Waals surface area contributed by atoms with Gasteiger partial charge in [0.05, 0.1) is 19.3 Å². The van der Waals surface area contributed by atoms with Gasteiger partial charge in [0.1, 0.15) is 6.61 Å². The quantitative estimate of drug-likeness (QED) is 0.523. The van der Waals surface area contributed by atoms with Gasteiger partial charge in [0.2, 0.25) is 0 Å². The van der Waals surface area contributed by atoms with Crippen LogP contribution in [0.4, 0.5) is 0 Å². The molecule has 0 N–H and O–H groups in total. The summed E-state index contributed by atoms with van der Waals surface area (Å²) in [6, 6.07) is 19.0. The van der Waals surface area contributed by atoms with E-state index >= 15 is 0 Å². The van der Waals surface area contributed by atoms with Crippen molar-refractivity contribution in [3.63, 3.8) is 0 Å². The van der Waals surface area contributed by atoms with Gasteiger partial charge < -0.3 is 9.47 Å². The fourth-order valence-corrected chi connectivity index (χ4v) is 1.94. The lowest BCUT2D eigenvalue weighted by atomic mass is 10.1. The molecular formula is C19H20O3. The summed E-state index contributed by atoms with van der Waals surface area (Å²) in [5, 5.41) is 0. The van der Waals surface area contributed by atoms with E-state index in [1.165, 1.54) is 0 Å². The second-order valence-electron chi connectivity index (χ2n) is 4.88. The Kier molecular flexibility index (Phi) is 6.55. The maximum atomic E-state index is 12.0. The van der Waals surface area contributed by atoms with Crippen LogP contribution in [0.15, 0.2) is 73.3 Å². The van der Waals surface area contributed by atoms with Crippen molar-refractivity contribution in [2.24, 2.45) is 0 Å². The maximum Gasteiger partial charge on any atom is 0.188 e. The van der Waals surface area contributed by atoms with Crippen LogP contribution in [0.1, 0.15) is 15.9 Å². The molecule has 0 aliphatic rings. The number of carbonyl (C=O) groups excluding carboxylic acids is 1. The lowest BCUT2D eigenvalue weighted by Crippen LogP contribution is -2.21. The first kappa shape index (κ1) is 16.1. The number of rotatable bonds is 9. The molecule has 0 unspecified atom stereocenters. The molecule has 2 aromatic rings. The van der Waals surface area contributed by atoms with E-state index in [9.17, 15) is 4.79 Å². The van der Waals surface area contributed by atoms with Crippen molar-refractivity contribution in [3.05, 3.63) is 84.4 Å². The normalized spacial score (nSPS) is 11.8. The van der Waals surface area contributed by atoms with Gasteiger partial charge in [0, 0.05) is 5.56 Å². The Balaban J connectivity index is 1.73. The van der Waals surface area contributed by atoms with Gasteiger partial charge in [0.25, 0.3) is 0 Å². The molecule has 3 nitrogen and oxygen atoms in total. The van der Waals surface area contributed by atoms with Crippen molar-refractivity contribution in [2.75, 3.05) is 13.2 Å². The highest BCUT2D eigenvalue weighted by atomic mass is 16.5. The first-order valence-corrected chi connectivity index (χ1v) is 7.23. The summed E-state index contributed by atoms with van der Waals surface area (Å²) in [6.45, 7) is 4.63. The Morgan fingerprint density at radius 2 is 1.68 bits per heavy atom. The van der Waals surface area contributed by atoms with Gasteiger partial charge in [-0.05, 0) is 5.56 Å². The Morgan fingerprint density at radius 3 is 2.32 bits per heavy atom. The van der Waals surface area contributed by atoms with Crippen LogP contribution < -0.4 is 0 Å². The minimum atomic E-state index is -0.295. The van der Waals surface area contributed by atoms with Crippen LogP contribution in [0.2, 0.25) is 0 Å². The van der Waals surface area contributed by atoms with Gasteiger partial charge >= 0.3 is 0 Å². The van der Waals surface area contributed by atoms with Crippen LogP contribution in [0.3, 0.4) is 0 Å². The number of hydrogen-bond donors (Lipinski definition) is 0. The number of benzene rings is 2. The third-order valence-electron chi connectivity index (χ3n) is 3.18. The lowest BCUT2D eigenvalue weighted by Gasteiger charge is -2.14. The highest BCUT2D eigenvalue weighted by Gasteiger charge is 2.10. The fraction of sp³-hybridized carbons (Fsp3) is 0.211. The van der Waals surface area contributed by atoms with Crippen LogP contribution in [0, 0.1) is 0 Å². The molecule has 0 radical (unpaired) electrons. The molecule has 2 aromatic carbocycles. The molecular weight excluding hydrogens is 276 g/mol. The average molecular weight is 296 g/mol. The number of hydrogen-bond acceptors (Lipinski definition) is 3. The van der Waals surface area contributed by atoms with E-state index in [0.29, 0.717) is 18.8 Å². The molecule has 0 spiro atoms. The first-order chi connectivity index (χ1) is 10.8. The van der Waals surface area contributed by atoms with E-state index < -0.39 is 0 Å². The van der Waals surface area contributed by atoms with E-state index in [1.54, 1.807) is 18.2 Å². The predicted molar refractivity (Wildman–Crippen MR) is 86.8 cm³/mol. The van der Waals surface area contributed by atoms with E-state index in [1.807, 2.05) is 48.5 Å². The molecule has 1 atom stereocenters. The summed E-state index contributed by atoms with van der Waals surface area (Å²) in [5.74, 6) is -0.0458. The Labute approximate surface area is 131 Å². The molecule has 0 amide bonds. The van der Waals surface area contributed by atoms with Gasteiger partial charge in [-0.25, -0.2) is 0 Å². The molecule has 0 aliphatic carbocycles. The monoisotopic (exact) mass is 296 g/mol. The Morgan fingerprint density at radius 1 is 1.05 bits per heavy atom. The van der Waals surface area contributed by atoms with Crippen LogP contribution in [-0.2, 0) is 16.1 Å². The average Bonchev–Trinajstić information content (AvgIpc) is 2.59. The van der Waals surface area contributed by atoms with Crippen molar-refractivity contribution in [3.8, 4) is 0 Å². The summed E-state index contributed by atoms with van der Waals surface area (Å²) >= 11 is 0. The van der Waals surface area contributed by atoms with E-state index in [4.69, 9.17) is 9.47 Å². The molecule has 0 aliphatic heterocycles. The van der Waals surface area contributed by atoms with E-state index in [2.05, 4.69) is 6.58 Å². The first-order valence-electron chi connectivity index (χ1n) is 7.23. The summed E-state index contributed by atoms with van der Waals surface area (Å²) in [7, 11) is 0. The van der Waals surface area contributed by atoms with Crippen molar-refractivity contribution in [1.82, 2.24) is 0 Å². The van der Waals surface area contributed by atoms with Gasteiger partial charge in [-0.3, -0.25) is 4.79 Å². The maximum absolute atomic E-state index is 12.0. The molecule has 0 heterocycles. The number of carbonyl (C=O) groups is 1. The second kappa shape index (κ2) is 8.93. The van der Waals surface area contributed by atoms with Crippen LogP contribution in [0.25, 0.3) is 0 Å². The van der Waals surface area contributed by atoms with Gasteiger partial charge in [-0.15, -0.1) is 6.58 Å². The molecule has 0 aromatic heterocycles. The van der Waals surface area contributed by atoms with Gasteiger partial charge in [-0.1, -0.05) is 66.7 Å². The third kappa shape index (κ3) is 5.28. The highest BCUT2D eigenvalue weighted by Crippen LogP contribution is 2.05. The van der Waals surface area contributed by atoms with Gasteiger partial charge in [-0.2, -0.15) is 0 Å². The molecule has 0 saturated carbocycles. The predicted octanol–water partition coefficient (Wildman–Crippen LogP) is 3.66. The molecule has 0 bridgehead atoms. The number of ether oxygens (including phenoxy) is 2. The van der Waals surface area contributed by atoms with E-state index in [-0.39, 0.29) is 18.5 Å². The zero-order valence-electron chi connectivity index (χ0n) is 12.5. The van der Waals surface area contributed by atoms with Crippen LogP contribution in [-0.4, -0.2) is 25.1 Å². The van der Waals surface area contributed by atoms with Crippen LogP contribution >= 0.6 is 0 Å². The molecule has 2 rings (SSSR count). The fourth-order valence-electron chi connectivity index (χ4n) is 1.94. The van der Waals surface area contributed by atoms with Crippen LogP contribution in [0.5, 0.6) is 0 Å². The second-order valence-corrected chi connectivity index (χ2v) is 4.88. The zero-order chi connectivity index (χ0) is 15.6. The summed E-state index contributed by atoms with van der Waals surface area (Å²) in [5.41, 5.74) is 1.75. The summed E-state index contributed by atoms with van der Waals surface area (Å²) in [6.07, 6.45) is 1.36. The SMILES string of the molecule is C=C[C@H](COCc1ccccc1)OCC(=O)c1ccccc1. The minimum Gasteiger partial charge on any atom is -0.374 e. The zero-order valence-corrected chi connectivity index (χ0v) is 12.5. The third-order valence-corrected chi connectivity index (χ3v) is 3.18. The molecule has 114 valence electrons. The number of ketones is 1.